The van der Waals surface area contributed by atoms with Crippen molar-refractivity contribution in [3.63, 3.8) is 0 Å². The summed E-state index contributed by atoms with van der Waals surface area (Å²) in [6, 6.07) is 0.787. The van der Waals surface area contributed by atoms with E-state index >= 15 is 0 Å². The van der Waals surface area contributed by atoms with Crippen LogP contribution in [0.15, 0.2) is 0 Å². The average molecular weight is 283 g/mol. The lowest BCUT2D eigenvalue weighted by Crippen LogP contribution is -2.46. The minimum atomic E-state index is -0.0504. The lowest BCUT2D eigenvalue weighted by molar-refractivity contribution is -0.143. The highest BCUT2D eigenvalue weighted by atomic mass is 16.5. The van der Waals surface area contributed by atoms with Crippen LogP contribution in [0.25, 0.3) is 0 Å². The van der Waals surface area contributed by atoms with Crippen LogP contribution in [0.1, 0.15) is 19.3 Å². The highest BCUT2D eigenvalue weighted by Gasteiger charge is 2.44. The van der Waals surface area contributed by atoms with Crippen LogP contribution in [0, 0.1) is 5.92 Å². The molecule has 2 bridgehead atoms. The average Bonchev–Trinajstić information content (AvgIpc) is 3.04. The van der Waals surface area contributed by atoms with E-state index in [4.69, 9.17) is 4.74 Å². The quantitative estimate of drug-likeness (QED) is 0.726. The summed E-state index contributed by atoms with van der Waals surface area (Å²) < 4.78 is 5.05. The Hall–Kier alpha value is -1.14. The van der Waals surface area contributed by atoms with Crippen molar-refractivity contribution in [2.75, 3.05) is 40.9 Å². The normalized spacial score (nSPS) is 27.6. The predicted octanol–water partition coefficient (Wildman–Crippen LogP) is -0.310. The van der Waals surface area contributed by atoms with Crippen molar-refractivity contribution in [3.05, 3.63) is 0 Å². The van der Waals surface area contributed by atoms with E-state index in [1.54, 1.807) is 26.1 Å². The van der Waals surface area contributed by atoms with Crippen LogP contribution >= 0.6 is 0 Å². The van der Waals surface area contributed by atoms with Gasteiger partial charge in [0.1, 0.15) is 0 Å². The number of hydrogen-bond acceptors (Lipinski definition) is 4. The van der Waals surface area contributed by atoms with E-state index < -0.39 is 0 Å². The van der Waals surface area contributed by atoms with Crippen molar-refractivity contribution in [1.82, 2.24) is 15.1 Å². The van der Waals surface area contributed by atoms with Gasteiger partial charge >= 0.3 is 0 Å². The summed E-state index contributed by atoms with van der Waals surface area (Å²) in [5.41, 5.74) is 0. The van der Waals surface area contributed by atoms with Crippen molar-refractivity contribution >= 4 is 11.8 Å². The highest BCUT2D eigenvalue weighted by molar-refractivity contribution is 5.86. The summed E-state index contributed by atoms with van der Waals surface area (Å²) >= 11 is 0. The molecule has 2 amide bonds. The van der Waals surface area contributed by atoms with Crippen molar-refractivity contribution in [1.29, 1.82) is 0 Å². The van der Waals surface area contributed by atoms with E-state index in [1.165, 1.54) is 11.3 Å². The van der Waals surface area contributed by atoms with Gasteiger partial charge in [-0.1, -0.05) is 0 Å². The monoisotopic (exact) mass is 283 g/mol. The summed E-state index contributed by atoms with van der Waals surface area (Å²) in [4.78, 5) is 27.7. The van der Waals surface area contributed by atoms with Gasteiger partial charge in [0.2, 0.25) is 11.8 Å². The van der Waals surface area contributed by atoms with Crippen LogP contribution < -0.4 is 5.32 Å². The molecule has 2 aliphatic rings. The standard InChI is InChI=1S/C14H25N3O3/c1-16(2)13(18)9-17(6-7-20-3)14(19)11-8-10-4-5-12(11)15-10/h10-12,15H,4-9H2,1-3H3. The maximum absolute atomic E-state index is 12.7. The third kappa shape index (κ3) is 3.30. The number of methoxy groups -OCH3 is 1. The number of carbonyl (C=O) groups is 2. The molecule has 2 fully saturated rings. The van der Waals surface area contributed by atoms with Gasteiger partial charge in [-0.15, -0.1) is 0 Å². The number of carbonyl (C=O) groups excluding carboxylic acids is 2. The third-order valence-electron chi connectivity index (χ3n) is 4.32. The number of nitrogens with one attached hydrogen (secondary N) is 1. The Labute approximate surface area is 120 Å². The first-order chi connectivity index (χ1) is 9.52. The zero-order valence-corrected chi connectivity index (χ0v) is 12.6. The molecule has 0 aliphatic carbocycles. The van der Waals surface area contributed by atoms with E-state index in [0.29, 0.717) is 25.2 Å². The first-order valence-electron chi connectivity index (χ1n) is 7.27. The predicted molar refractivity (Wildman–Crippen MR) is 75.2 cm³/mol. The van der Waals surface area contributed by atoms with Crippen LogP contribution in [0.5, 0.6) is 0 Å². The van der Waals surface area contributed by atoms with Gasteiger partial charge in [0, 0.05) is 39.8 Å². The van der Waals surface area contributed by atoms with Gasteiger partial charge in [-0.2, -0.15) is 0 Å². The van der Waals surface area contributed by atoms with E-state index in [9.17, 15) is 9.59 Å². The Kier molecular flexibility index (Phi) is 4.99. The van der Waals surface area contributed by atoms with E-state index in [2.05, 4.69) is 5.32 Å². The summed E-state index contributed by atoms with van der Waals surface area (Å²) in [7, 11) is 5.02. The molecule has 6 heteroatoms. The molecule has 2 saturated heterocycles. The molecule has 1 N–H and O–H groups in total. The fourth-order valence-electron chi connectivity index (χ4n) is 3.10. The molecule has 0 aromatic rings. The van der Waals surface area contributed by atoms with Crippen LogP contribution in [0.4, 0.5) is 0 Å². The third-order valence-corrected chi connectivity index (χ3v) is 4.32. The van der Waals surface area contributed by atoms with Crippen LogP contribution in [-0.2, 0) is 14.3 Å². The lowest BCUT2D eigenvalue weighted by Gasteiger charge is -2.29. The molecular weight excluding hydrogens is 258 g/mol. The Morgan fingerprint density at radius 2 is 2.05 bits per heavy atom. The smallest absolute Gasteiger partial charge is 0.241 e. The summed E-state index contributed by atoms with van der Waals surface area (Å²) in [6.45, 7) is 1.08. The van der Waals surface area contributed by atoms with Gasteiger partial charge in [-0.25, -0.2) is 0 Å². The second-order valence-electron chi connectivity index (χ2n) is 5.93. The molecule has 114 valence electrons. The summed E-state index contributed by atoms with van der Waals surface area (Å²) in [6.07, 6.45) is 3.15. The van der Waals surface area contributed by atoms with Crippen molar-refractivity contribution in [3.8, 4) is 0 Å². The van der Waals surface area contributed by atoms with Gasteiger partial charge in [-0.05, 0) is 19.3 Å². The Bertz CT molecular complexity index is 373. The molecule has 0 aromatic heterocycles. The second-order valence-corrected chi connectivity index (χ2v) is 5.93. The summed E-state index contributed by atoms with van der Waals surface area (Å²) in [5.74, 6) is 0.0723. The van der Waals surface area contributed by atoms with Gasteiger partial charge < -0.3 is 19.9 Å². The van der Waals surface area contributed by atoms with Gasteiger partial charge in [0.25, 0.3) is 0 Å². The molecular formula is C14H25N3O3. The molecule has 3 unspecified atom stereocenters. The van der Waals surface area contributed by atoms with E-state index in [-0.39, 0.29) is 24.3 Å². The minimum Gasteiger partial charge on any atom is -0.383 e. The van der Waals surface area contributed by atoms with Crippen LogP contribution in [0.3, 0.4) is 0 Å². The fourth-order valence-corrected chi connectivity index (χ4v) is 3.10. The molecule has 2 aliphatic heterocycles. The zero-order chi connectivity index (χ0) is 14.7. The second kappa shape index (κ2) is 6.54. The first kappa shape index (κ1) is 15.3. The molecule has 0 aromatic carbocycles. The topological polar surface area (TPSA) is 61.9 Å². The van der Waals surface area contributed by atoms with Gasteiger partial charge in [0.05, 0.1) is 19.1 Å². The molecule has 0 radical (unpaired) electrons. The SMILES string of the molecule is COCCN(CC(=O)N(C)C)C(=O)C1CC2CCC1N2. The Morgan fingerprint density at radius 1 is 1.30 bits per heavy atom. The molecule has 0 saturated carbocycles. The molecule has 3 atom stereocenters. The Balaban J connectivity index is 1.98. The molecule has 2 rings (SSSR count). The maximum atomic E-state index is 12.7. The number of likely N-dealkylation sites (N-methyl/N-ethyl adjacent to an activating group) is 1. The lowest BCUT2D eigenvalue weighted by atomic mass is 9.88. The molecule has 6 nitrogen and oxygen atoms in total. The van der Waals surface area contributed by atoms with Crippen molar-refractivity contribution in [2.24, 2.45) is 5.92 Å². The number of rotatable bonds is 6. The summed E-state index contributed by atoms with van der Waals surface area (Å²) in [5, 5.41) is 3.47. The van der Waals surface area contributed by atoms with Gasteiger partial charge in [-0.3, -0.25) is 9.59 Å². The Morgan fingerprint density at radius 3 is 2.55 bits per heavy atom. The first-order valence-corrected chi connectivity index (χ1v) is 7.27. The van der Waals surface area contributed by atoms with E-state index in [1.807, 2.05) is 0 Å². The molecule has 2 heterocycles. The van der Waals surface area contributed by atoms with Crippen molar-refractivity contribution < 1.29 is 14.3 Å². The zero-order valence-electron chi connectivity index (χ0n) is 12.6. The van der Waals surface area contributed by atoms with Crippen LogP contribution in [-0.4, -0.2) is 74.6 Å². The highest BCUT2D eigenvalue weighted by Crippen LogP contribution is 2.34. The van der Waals surface area contributed by atoms with Crippen molar-refractivity contribution in [2.45, 2.75) is 31.3 Å². The van der Waals surface area contributed by atoms with Crippen LogP contribution in [0.2, 0.25) is 0 Å². The maximum Gasteiger partial charge on any atom is 0.241 e. The van der Waals surface area contributed by atoms with E-state index in [0.717, 1.165) is 12.8 Å². The number of amides is 2. The number of fused-ring (bicyclic) bond motifs is 2. The largest absolute Gasteiger partial charge is 0.383 e. The number of nitrogens with zero attached hydrogens (tertiary/aromatic N) is 2. The molecule has 0 spiro atoms. The minimum absolute atomic E-state index is 0.0283. The fraction of sp³-hybridized carbons (Fsp3) is 0.857. The molecule has 20 heavy (non-hydrogen) atoms. The number of hydrogen-bond donors (Lipinski definition) is 1. The number of ether oxygens (including phenoxy) is 1. The van der Waals surface area contributed by atoms with Gasteiger partial charge in [0.15, 0.2) is 0 Å².